The Morgan fingerprint density at radius 2 is 1.47 bits per heavy atom. The van der Waals surface area contributed by atoms with Crippen LogP contribution in [0, 0.1) is 12.7 Å². The van der Waals surface area contributed by atoms with E-state index >= 15 is 0 Å². The summed E-state index contributed by atoms with van der Waals surface area (Å²) in [7, 11) is -3.62. The lowest BCUT2D eigenvalue weighted by molar-refractivity contribution is 0.495. The van der Waals surface area contributed by atoms with E-state index in [1.807, 2.05) is 6.92 Å². The first-order valence-electron chi connectivity index (χ1n) is 9.07. The first kappa shape index (κ1) is 19.8. The van der Waals surface area contributed by atoms with Crippen molar-refractivity contribution in [1.82, 2.24) is 9.78 Å². The van der Waals surface area contributed by atoms with Gasteiger partial charge in [-0.15, -0.1) is 5.10 Å². The molecule has 3 aromatic carbocycles. The highest BCUT2D eigenvalue weighted by Gasteiger charge is 2.17. The molecule has 0 fully saturated rings. The maximum atomic E-state index is 13.1. The quantitative estimate of drug-likeness (QED) is 0.486. The summed E-state index contributed by atoms with van der Waals surface area (Å²) in [4.78, 5) is 12.5. The van der Waals surface area contributed by atoms with Crippen molar-refractivity contribution in [1.29, 1.82) is 0 Å². The average Bonchev–Trinajstić information content (AvgIpc) is 3.09. The molecule has 0 N–H and O–H groups in total. The zero-order valence-electron chi connectivity index (χ0n) is 15.9. The molecule has 0 aliphatic heterocycles. The van der Waals surface area contributed by atoms with Crippen molar-refractivity contribution in [3.8, 4) is 11.5 Å². The molecule has 1 heterocycles. The number of sulfone groups is 1. The van der Waals surface area contributed by atoms with Crippen molar-refractivity contribution < 1.29 is 17.2 Å². The highest BCUT2D eigenvalue weighted by Crippen LogP contribution is 2.22. The summed E-state index contributed by atoms with van der Waals surface area (Å²) in [6.07, 6.45) is 0. The molecule has 6 nitrogen and oxygen atoms in total. The van der Waals surface area contributed by atoms with E-state index in [9.17, 15) is 17.6 Å². The monoisotopic (exact) mass is 424 g/mol. The van der Waals surface area contributed by atoms with Gasteiger partial charge >= 0.3 is 5.76 Å². The summed E-state index contributed by atoms with van der Waals surface area (Å²) < 4.78 is 44.8. The van der Waals surface area contributed by atoms with E-state index in [-0.39, 0.29) is 22.2 Å². The van der Waals surface area contributed by atoms with Crippen LogP contribution >= 0.6 is 0 Å². The third kappa shape index (κ3) is 3.95. The maximum Gasteiger partial charge on any atom is 0.437 e. The molecule has 0 unspecified atom stereocenters. The summed E-state index contributed by atoms with van der Waals surface area (Å²) in [6.45, 7) is 1.99. The van der Waals surface area contributed by atoms with Crippen LogP contribution in [0.4, 0.5) is 4.39 Å². The van der Waals surface area contributed by atoms with Crippen molar-refractivity contribution in [3.05, 3.63) is 100 Å². The zero-order valence-corrected chi connectivity index (χ0v) is 16.8. The molecule has 4 rings (SSSR count). The molecule has 8 heteroatoms. The summed E-state index contributed by atoms with van der Waals surface area (Å²) in [5.74, 6) is -0.981. The van der Waals surface area contributed by atoms with Gasteiger partial charge in [-0.3, -0.25) is 0 Å². The minimum atomic E-state index is -3.62. The van der Waals surface area contributed by atoms with Gasteiger partial charge in [-0.25, -0.2) is 17.6 Å². The highest BCUT2D eigenvalue weighted by atomic mass is 32.2. The Bertz CT molecular complexity index is 1340. The van der Waals surface area contributed by atoms with Gasteiger partial charge in [0.05, 0.1) is 16.3 Å². The van der Waals surface area contributed by atoms with Crippen LogP contribution in [0.1, 0.15) is 11.1 Å². The summed E-state index contributed by atoms with van der Waals surface area (Å²) >= 11 is 0. The number of rotatable bonds is 5. The standard InChI is InChI=1S/C22H17FN2O4S/c1-15-2-10-19(11-3-15)30(27,28)20-12-4-16(5-13-20)14-25-22(26)29-21(24-25)17-6-8-18(23)9-7-17/h2-13H,14H2,1H3. The van der Waals surface area contributed by atoms with Crippen LogP contribution in [-0.4, -0.2) is 18.2 Å². The van der Waals surface area contributed by atoms with E-state index in [0.717, 1.165) is 10.2 Å². The lowest BCUT2D eigenvalue weighted by atomic mass is 10.2. The predicted octanol–water partition coefficient (Wildman–Crippen LogP) is 3.83. The molecule has 1 aromatic heterocycles. The van der Waals surface area contributed by atoms with Crippen molar-refractivity contribution in [2.24, 2.45) is 0 Å². The number of halogens is 1. The van der Waals surface area contributed by atoms with Crippen LogP contribution in [-0.2, 0) is 16.4 Å². The Labute approximate surface area is 172 Å². The van der Waals surface area contributed by atoms with Gasteiger partial charge in [0.25, 0.3) is 0 Å². The Hall–Kier alpha value is -3.52. The van der Waals surface area contributed by atoms with Gasteiger partial charge in [0, 0.05) is 5.56 Å². The third-order valence-corrected chi connectivity index (χ3v) is 6.38. The average molecular weight is 424 g/mol. The topological polar surface area (TPSA) is 82.2 Å². The van der Waals surface area contributed by atoms with E-state index in [2.05, 4.69) is 5.10 Å². The van der Waals surface area contributed by atoms with E-state index < -0.39 is 21.4 Å². The molecule has 0 saturated carbocycles. The molecule has 0 amide bonds. The number of nitrogens with zero attached hydrogens (tertiary/aromatic N) is 2. The van der Waals surface area contributed by atoms with Gasteiger partial charge in [-0.1, -0.05) is 29.8 Å². The fraction of sp³-hybridized carbons (Fsp3) is 0.0909. The van der Waals surface area contributed by atoms with Gasteiger partial charge in [-0.2, -0.15) is 4.68 Å². The lowest BCUT2D eigenvalue weighted by Crippen LogP contribution is -2.16. The minimum Gasteiger partial charge on any atom is -0.388 e. The van der Waals surface area contributed by atoms with Gasteiger partial charge in [0.15, 0.2) is 0 Å². The molecule has 0 spiro atoms. The van der Waals surface area contributed by atoms with Crippen LogP contribution in [0.5, 0.6) is 0 Å². The molecule has 0 aliphatic rings. The third-order valence-electron chi connectivity index (χ3n) is 4.59. The second-order valence-corrected chi connectivity index (χ2v) is 8.75. The highest BCUT2D eigenvalue weighted by molar-refractivity contribution is 7.91. The number of hydrogen-bond donors (Lipinski definition) is 0. The molecule has 30 heavy (non-hydrogen) atoms. The molecule has 0 bridgehead atoms. The molecular weight excluding hydrogens is 407 g/mol. The number of benzene rings is 3. The Kier molecular flexibility index (Phi) is 5.09. The van der Waals surface area contributed by atoms with Gasteiger partial charge in [0.2, 0.25) is 15.7 Å². The second kappa shape index (κ2) is 7.72. The van der Waals surface area contributed by atoms with Gasteiger partial charge in [-0.05, 0) is 61.0 Å². The van der Waals surface area contributed by atoms with E-state index in [4.69, 9.17) is 4.42 Å². The Balaban J connectivity index is 1.56. The number of hydrogen-bond acceptors (Lipinski definition) is 5. The second-order valence-electron chi connectivity index (χ2n) is 6.80. The van der Waals surface area contributed by atoms with Crippen molar-refractivity contribution in [3.63, 3.8) is 0 Å². The first-order valence-corrected chi connectivity index (χ1v) is 10.6. The van der Waals surface area contributed by atoms with Crippen LogP contribution < -0.4 is 5.76 Å². The summed E-state index contributed by atoms with van der Waals surface area (Å²) in [6, 6.07) is 18.3. The molecule has 0 aliphatic carbocycles. The van der Waals surface area contributed by atoms with Crippen molar-refractivity contribution in [2.75, 3.05) is 0 Å². The molecule has 0 radical (unpaired) electrons. The van der Waals surface area contributed by atoms with E-state index in [0.29, 0.717) is 11.1 Å². The normalized spacial score (nSPS) is 11.5. The molecule has 0 saturated heterocycles. The molecule has 4 aromatic rings. The van der Waals surface area contributed by atoms with Gasteiger partial charge < -0.3 is 4.42 Å². The fourth-order valence-corrected chi connectivity index (χ4v) is 4.18. The smallest absolute Gasteiger partial charge is 0.388 e. The SMILES string of the molecule is Cc1ccc(S(=O)(=O)c2ccc(Cn3nc(-c4ccc(F)cc4)oc3=O)cc2)cc1. The summed E-state index contributed by atoms with van der Waals surface area (Å²) in [5, 5.41) is 4.13. The first-order chi connectivity index (χ1) is 14.3. The van der Waals surface area contributed by atoms with Crippen LogP contribution in [0.2, 0.25) is 0 Å². The molecule has 0 atom stereocenters. The van der Waals surface area contributed by atoms with Gasteiger partial charge in [0.1, 0.15) is 5.82 Å². The zero-order chi connectivity index (χ0) is 21.3. The van der Waals surface area contributed by atoms with E-state index in [1.165, 1.54) is 36.4 Å². The Morgan fingerprint density at radius 3 is 2.07 bits per heavy atom. The fourth-order valence-electron chi connectivity index (χ4n) is 2.92. The summed E-state index contributed by atoms with van der Waals surface area (Å²) in [5.41, 5.74) is 2.13. The van der Waals surface area contributed by atoms with Crippen LogP contribution in [0.3, 0.4) is 0 Å². The van der Waals surface area contributed by atoms with Crippen molar-refractivity contribution >= 4 is 9.84 Å². The maximum absolute atomic E-state index is 13.1. The number of aromatic nitrogens is 2. The van der Waals surface area contributed by atoms with Crippen LogP contribution in [0.25, 0.3) is 11.5 Å². The predicted molar refractivity (Wildman–Crippen MR) is 108 cm³/mol. The molecule has 152 valence electrons. The Morgan fingerprint density at radius 1 is 0.900 bits per heavy atom. The largest absolute Gasteiger partial charge is 0.437 e. The van der Waals surface area contributed by atoms with E-state index in [1.54, 1.807) is 36.4 Å². The molecular formula is C22H17FN2O4S. The lowest BCUT2D eigenvalue weighted by Gasteiger charge is -2.06. The van der Waals surface area contributed by atoms with Crippen LogP contribution in [0.15, 0.2) is 91.8 Å². The number of aryl methyl sites for hydroxylation is 1. The minimum absolute atomic E-state index is 0.0820. The van der Waals surface area contributed by atoms with Crippen molar-refractivity contribution in [2.45, 2.75) is 23.3 Å².